The molecular formula is C18H26N2O6. The molecule has 0 unspecified atom stereocenters. The van der Waals surface area contributed by atoms with Gasteiger partial charge in [0.15, 0.2) is 17.6 Å². The molecule has 1 rings (SSSR count). The van der Waals surface area contributed by atoms with Crippen LogP contribution in [0.1, 0.15) is 33.3 Å². The quantitative estimate of drug-likeness (QED) is 0.744. The van der Waals surface area contributed by atoms with Gasteiger partial charge >= 0.3 is 12.0 Å². The third kappa shape index (κ3) is 7.00. The van der Waals surface area contributed by atoms with Gasteiger partial charge in [-0.1, -0.05) is 6.07 Å². The van der Waals surface area contributed by atoms with Gasteiger partial charge in [0.1, 0.15) is 0 Å². The number of hydrogen-bond acceptors (Lipinski definition) is 6. The van der Waals surface area contributed by atoms with Crippen molar-refractivity contribution in [2.75, 3.05) is 14.2 Å². The van der Waals surface area contributed by atoms with Crippen molar-refractivity contribution in [3.8, 4) is 11.5 Å². The summed E-state index contributed by atoms with van der Waals surface area (Å²) < 4.78 is 15.4. The summed E-state index contributed by atoms with van der Waals surface area (Å²) in [5.41, 5.74) is 0.156. The lowest BCUT2D eigenvalue weighted by Gasteiger charge is -2.21. The topological polar surface area (TPSA) is 103 Å². The lowest BCUT2D eigenvalue weighted by atomic mass is 10.1. The van der Waals surface area contributed by atoms with Crippen LogP contribution in [0.25, 0.3) is 0 Å². The fourth-order valence-corrected chi connectivity index (χ4v) is 2.03. The third-order valence-electron chi connectivity index (χ3n) is 3.20. The number of methoxy groups -OCH3 is 2. The Labute approximate surface area is 153 Å². The zero-order valence-electron chi connectivity index (χ0n) is 16.0. The van der Waals surface area contributed by atoms with Gasteiger partial charge in [-0.3, -0.25) is 14.9 Å². The van der Waals surface area contributed by atoms with Crippen molar-refractivity contribution in [1.82, 2.24) is 10.6 Å². The molecule has 0 heterocycles. The van der Waals surface area contributed by atoms with Crippen LogP contribution in [0, 0.1) is 0 Å². The van der Waals surface area contributed by atoms with Crippen molar-refractivity contribution in [2.45, 2.75) is 45.8 Å². The third-order valence-corrected chi connectivity index (χ3v) is 3.20. The number of hydrogen-bond donors (Lipinski definition) is 2. The normalized spacial score (nSPS) is 11.9. The molecule has 0 saturated carbocycles. The monoisotopic (exact) mass is 366 g/mol. The lowest BCUT2D eigenvalue weighted by Crippen LogP contribution is -2.50. The summed E-state index contributed by atoms with van der Waals surface area (Å²) in [4.78, 5) is 35.6. The molecule has 26 heavy (non-hydrogen) atoms. The van der Waals surface area contributed by atoms with E-state index in [-0.39, 0.29) is 6.42 Å². The van der Waals surface area contributed by atoms with Crippen molar-refractivity contribution in [1.29, 1.82) is 0 Å². The molecule has 144 valence electrons. The van der Waals surface area contributed by atoms with Crippen molar-refractivity contribution < 1.29 is 28.6 Å². The molecule has 0 aliphatic heterocycles. The highest BCUT2D eigenvalue weighted by Crippen LogP contribution is 2.27. The average molecular weight is 366 g/mol. The summed E-state index contributed by atoms with van der Waals surface area (Å²) in [6.07, 6.45) is -1.15. The Kier molecular flexibility index (Phi) is 7.42. The van der Waals surface area contributed by atoms with E-state index in [2.05, 4.69) is 10.6 Å². The zero-order chi connectivity index (χ0) is 19.9. The van der Waals surface area contributed by atoms with Crippen LogP contribution in [-0.2, 0) is 20.7 Å². The number of rotatable bonds is 6. The number of urea groups is 1. The van der Waals surface area contributed by atoms with Crippen molar-refractivity contribution in [2.24, 2.45) is 0 Å². The summed E-state index contributed by atoms with van der Waals surface area (Å²) in [5, 5.41) is 4.72. The van der Waals surface area contributed by atoms with Gasteiger partial charge in [-0.2, -0.15) is 0 Å². The van der Waals surface area contributed by atoms with Crippen LogP contribution in [0.15, 0.2) is 18.2 Å². The van der Waals surface area contributed by atoms with Crippen molar-refractivity contribution >= 4 is 17.9 Å². The van der Waals surface area contributed by atoms with Gasteiger partial charge in [-0.15, -0.1) is 0 Å². The molecule has 0 fully saturated rings. The Balaban J connectivity index is 2.59. The molecular weight excluding hydrogens is 340 g/mol. The average Bonchev–Trinajstić information content (AvgIpc) is 2.52. The Morgan fingerprint density at radius 2 is 1.69 bits per heavy atom. The van der Waals surface area contributed by atoms with Gasteiger partial charge < -0.3 is 19.5 Å². The van der Waals surface area contributed by atoms with Gasteiger partial charge in [0.05, 0.1) is 20.6 Å². The molecule has 0 radical (unpaired) electrons. The standard InChI is InChI=1S/C18H26N2O6/c1-11(16(22)19-17(23)20-18(2,3)4)26-15(21)10-12-7-8-13(24-5)14(9-12)25-6/h7-9,11H,10H2,1-6H3,(H2,19,20,22,23)/t11-/m1/s1. The van der Waals surface area contributed by atoms with E-state index in [1.54, 1.807) is 39.0 Å². The maximum absolute atomic E-state index is 12.0. The zero-order valence-corrected chi connectivity index (χ0v) is 16.0. The number of imide groups is 1. The molecule has 0 saturated heterocycles. The fraction of sp³-hybridized carbons (Fsp3) is 0.500. The number of carbonyl (C=O) groups excluding carboxylic acids is 3. The van der Waals surface area contributed by atoms with Crippen LogP contribution in [0.5, 0.6) is 11.5 Å². The Morgan fingerprint density at radius 3 is 2.23 bits per heavy atom. The SMILES string of the molecule is COc1ccc(CC(=O)O[C@H](C)C(=O)NC(=O)NC(C)(C)C)cc1OC. The summed E-state index contributed by atoms with van der Waals surface area (Å²) in [6, 6.07) is 4.38. The van der Waals surface area contributed by atoms with E-state index in [0.29, 0.717) is 17.1 Å². The number of nitrogens with one attached hydrogen (secondary N) is 2. The number of carbonyl (C=O) groups is 3. The molecule has 8 heteroatoms. The predicted octanol–water partition coefficient (Wildman–Crippen LogP) is 1.80. The van der Waals surface area contributed by atoms with Gasteiger partial charge in [-0.25, -0.2) is 4.79 Å². The summed E-state index contributed by atoms with van der Waals surface area (Å²) in [6.45, 7) is 6.74. The van der Waals surface area contributed by atoms with Crippen LogP contribution in [0.3, 0.4) is 0 Å². The smallest absolute Gasteiger partial charge is 0.321 e. The highest BCUT2D eigenvalue weighted by Gasteiger charge is 2.22. The van der Waals surface area contributed by atoms with E-state index < -0.39 is 29.6 Å². The van der Waals surface area contributed by atoms with Crippen molar-refractivity contribution in [3.63, 3.8) is 0 Å². The molecule has 2 N–H and O–H groups in total. The number of esters is 1. The van der Waals surface area contributed by atoms with Crippen LogP contribution in [0.2, 0.25) is 0 Å². The highest BCUT2D eigenvalue weighted by molar-refractivity contribution is 5.97. The first-order valence-electron chi connectivity index (χ1n) is 8.09. The lowest BCUT2D eigenvalue weighted by molar-refractivity contribution is -0.153. The first kappa shape index (κ1) is 21.3. The number of benzene rings is 1. The minimum Gasteiger partial charge on any atom is -0.493 e. The fourth-order valence-electron chi connectivity index (χ4n) is 2.03. The minimum absolute atomic E-state index is 0.0494. The van der Waals surface area contributed by atoms with Gasteiger partial charge in [0.25, 0.3) is 5.91 Å². The van der Waals surface area contributed by atoms with Crippen LogP contribution in [-0.4, -0.2) is 43.8 Å². The molecule has 0 aromatic heterocycles. The second-order valence-corrected chi connectivity index (χ2v) is 6.69. The molecule has 0 aliphatic rings. The Hall–Kier alpha value is -2.77. The molecule has 0 aliphatic carbocycles. The maximum atomic E-state index is 12.0. The molecule has 3 amide bonds. The molecule has 1 atom stereocenters. The van der Waals surface area contributed by atoms with E-state index in [4.69, 9.17) is 14.2 Å². The summed E-state index contributed by atoms with van der Waals surface area (Å²) in [7, 11) is 3.01. The van der Waals surface area contributed by atoms with Crippen LogP contribution < -0.4 is 20.1 Å². The van der Waals surface area contributed by atoms with Crippen LogP contribution >= 0.6 is 0 Å². The van der Waals surface area contributed by atoms with Gasteiger partial charge in [0, 0.05) is 5.54 Å². The van der Waals surface area contributed by atoms with E-state index in [9.17, 15) is 14.4 Å². The Bertz CT molecular complexity index is 666. The van der Waals surface area contributed by atoms with E-state index in [0.717, 1.165) is 0 Å². The van der Waals surface area contributed by atoms with E-state index >= 15 is 0 Å². The molecule has 1 aromatic rings. The number of amides is 3. The molecule has 0 bridgehead atoms. The predicted molar refractivity (Wildman–Crippen MR) is 95.2 cm³/mol. The van der Waals surface area contributed by atoms with E-state index in [1.807, 2.05) is 0 Å². The number of ether oxygens (including phenoxy) is 3. The van der Waals surface area contributed by atoms with Crippen molar-refractivity contribution in [3.05, 3.63) is 23.8 Å². The molecule has 8 nitrogen and oxygen atoms in total. The first-order chi connectivity index (χ1) is 12.1. The largest absolute Gasteiger partial charge is 0.493 e. The second-order valence-electron chi connectivity index (χ2n) is 6.69. The Morgan fingerprint density at radius 1 is 1.08 bits per heavy atom. The molecule has 1 aromatic carbocycles. The second kappa shape index (κ2) is 9.07. The summed E-state index contributed by atoms with van der Waals surface area (Å²) >= 11 is 0. The minimum atomic E-state index is -1.10. The summed E-state index contributed by atoms with van der Waals surface area (Å²) in [5.74, 6) is -0.270. The van der Waals surface area contributed by atoms with Crippen LogP contribution in [0.4, 0.5) is 4.79 Å². The first-order valence-corrected chi connectivity index (χ1v) is 8.09. The molecule has 0 spiro atoms. The van der Waals surface area contributed by atoms with Gasteiger partial charge in [-0.05, 0) is 45.4 Å². The van der Waals surface area contributed by atoms with E-state index in [1.165, 1.54) is 21.1 Å². The maximum Gasteiger partial charge on any atom is 0.321 e. The van der Waals surface area contributed by atoms with Gasteiger partial charge in [0.2, 0.25) is 0 Å². The highest BCUT2D eigenvalue weighted by atomic mass is 16.5.